The maximum absolute atomic E-state index is 12.7. The van der Waals surface area contributed by atoms with Crippen molar-refractivity contribution in [3.8, 4) is 0 Å². The van der Waals surface area contributed by atoms with Crippen molar-refractivity contribution in [1.82, 2.24) is 9.80 Å². The van der Waals surface area contributed by atoms with Gasteiger partial charge in [0.05, 0.1) is 13.0 Å². The van der Waals surface area contributed by atoms with Crippen molar-refractivity contribution in [1.29, 1.82) is 0 Å². The standard InChI is InChI=1S/C18H27N3O3/c1-19(2)16-7-5-15(6-8-16)18(23)21-11-4-10-20(12-13-21)17(22)9-14-24-3/h5-8H,4,9-14H2,1-3H3. The highest BCUT2D eigenvalue weighted by Crippen LogP contribution is 2.15. The first kappa shape index (κ1) is 18.3. The van der Waals surface area contributed by atoms with Crippen LogP contribution in [0.25, 0.3) is 0 Å². The minimum atomic E-state index is 0.0338. The fourth-order valence-electron chi connectivity index (χ4n) is 2.80. The van der Waals surface area contributed by atoms with Crippen molar-refractivity contribution < 1.29 is 14.3 Å². The second-order valence-electron chi connectivity index (χ2n) is 6.21. The van der Waals surface area contributed by atoms with Gasteiger partial charge >= 0.3 is 0 Å². The van der Waals surface area contributed by atoms with Gasteiger partial charge in [-0.25, -0.2) is 0 Å². The largest absolute Gasteiger partial charge is 0.384 e. The minimum Gasteiger partial charge on any atom is -0.384 e. The number of rotatable bonds is 5. The number of amides is 2. The molecule has 0 unspecified atom stereocenters. The van der Waals surface area contributed by atoms with Crippen molar-refractivity contribution in [2.45, 2.75) is 12.8 Å². The number of methoxy groups -OCH3 is 1. The molecule has 0 saturated carbocycles. The molecule has 0 bridgehead atoms. The number of benzene rings is 1. The van der Waals surface area contributed by atoms with Crippen molar-refractivity contribution in [2.24, 2.45) is 0 Å². The van der Waals surface area contributed by atoms with E-state index in [1.54, 1.807) is 7.11 Å². The summed E-state index contributed by atoms with van der Waals surface area (Å²) in [4.78, 5) is 30.4. The highest BCUT2D eigenvalue weighted by Gasteiger charge is 2.22. The first-order valence-electron chi connectivity index (χ1n) is 8.36. The van der Waals surface area contributed by atoms with Gasteiger partial charge in [-0.2, -0.15) is 0 Å². The molecule has 2 amide bonds. The van der Waals surface area contributed by atoms with Crippen LogP contribution in [0.5, 0.6) is 0 Å². The lowest BCUT2D eigenvalue weighted by atomic mass is 10.1. The topological polar surface area (TPSA) is 53.1 Å². The van der Waals surface area contributed by atoms with Gasteiger partial charge < -0.3 is 19.4 Å². The molecule has 0 N–H and O–H groups in total. The van der Waals surface area contributed by atoms with E-state index < -0.39 is 0 Å². The fraction of sp³-hybridized carbons (Fsp3) is 0.556. The van der Waals surface area contributed by atoms with Gasteiger partial charge in [0, 0.05) is 58.6 Å². The quantitative estimate of drug-likeness (QED) is 0.819. The Morgan fingerprint density at radius 2 is 1.67 bits per heavy atom. The Bertz CT molecular complexity index is 557. The van der Waals surface area contributed by atoms with Gasteiger partial charge in [-0.05, 0) is 30.7 Å². The molecule has 1 saturated heterocycles. The van der Waals surface area contributed by atoms with Gasteiger partial charge in [0.1, 0.15) is 0 Å². The fourth-order valence-corrected chi connectivity index (χ4v) is 2.80. The molecular weight excluding hydrogens is 306 g/mol. The first-order chi connectivity index (χ1) is 11.5. The van der Waals surface area contributed by atoms with Crippen LogP contribution in [0.15, 0.2) is 24.3 Å². The van der Waals surface area contributed by atoms with Gasteiger partial charge in [-0.1, -0.05) is 0 Å². The molecule has 0 aromatic heterocycles. The lowest BCUT2D eigenvalue weighted by molar-refractivity contribution is -0.132. The zero-order valence-electron chi connectivity index (χ0n) is 14.8. The molecule has 2 rings (SSSR count). The molecule has 6 heteroatoms. The predicted molar refractivity (Wildman–Crippen MR) is 94.4 cm³/mol. The Morgan fingerprint density at radius 1 is 1.04 bits per heavy atom. The molecule has 1 fully saturated rings. The summed E-state index contributed by atoms with van der Waals surface area (Å²) in [5.41, 5.74) is 1.76. The summed E-state index contributed by atoms with van der Waals surface area (Å²) in [5.74, 6) is 0.132. The molecule has 132 valence electrons. The predicted octanol–water partition coefficient (Wildman–Crippen LogP) is 1.46. The monoisotopic (exact) mass is 333 g/mol. The molecule has 24 heavy (non-hydrogen) atoms. The highest BCUT2D eigenvalue weighted by atomic mass is 16.5. The lowest BCUT2D eigenvalue weighted by Crippen LogP contribution is -2.37. The smallest absolute Gasteiger partial charge is 0.253 e. The SMILES string of the molecule is COCCC(=O)N1CCCN(C(=O)c2ccc(N(C)C)cc2)CC1. The molecule has 0 radical (unpaired) electrons. The normalized spacial score (nSPS) is 15.1. The molecule has 0 aliphatic carbocycles. The molecule has 0 atom stereocenters. The number of anilines is 1. The summed E-state index contributed by atoms with van der Waals surface area (Å²) in [6.45, 7) is 2.99. The number of nitrogens with zero attached hydrogens (tertiary/aromatic N) is 3. The van der Waals surface area contributed by atoms with E-state index in [9.17, 15) is 9.59 Å². The minimum absolute atomic E-state index is 0.0338. The van der Waals surface area contributed by atoms with Gasteiger partial charge in [0.2, 0.25) is 5.91 Å². The van der Waals surface area contributed by atoms with Crippen LogP contribution in [0.4, 0.5) is 5.69 Å². The zero-order chi connectivity index (χ0) is 17.5. The van der Waals surface area contributed by atoms with Crippen LogP contribution in [0.1, 0.15) is 23.2 Å². The van der Waals surface area contributed by atoms with E-state index in [-0.39, 0.29) is 11.8 Å². The summed E-state index contributed by atoms with van der Waals surface area (Å²) in [5, 5.41) is 0. The molecule has 0 spiro atoms. The summed E-state index contributed by atoms with van der Waals surface area (Å²) >= 11 is 0. The lowest BCUT2D eigenvalue weighted by Gasteiger charge is -2.22. The van der Waals surface area contributed by atoms with Crippen LogP contribution in [0, 0.1) is 0 Å². The van der Waals surface area contributed by atoms with E-state index in [0.717, 1.165) is 12.1 Å². The molecule has 1 aromatic carbocycles. The van der Waals surface area contributed by atoms with Gasteiger partial charge in [0.15, 0.2) is 0 Å². The maximum Gasteiger partial charge on any atom is 0.253 e. The third-order valence-corrected chi connectivity index (χ3v) is 4.29. The summed E-state index contributed by atoms with van der Waals surface area (Å²) in [7, 11) is 5.54. The van der Waals surface area contributed by atoms with Crippen molar-refractivity contribution in [2.75, 3.05) is 58.9 Å². The Morgan fingerprint density at radius 3 is 2.29 bits per heavy atom. The van der Waals surface area contributed by atoms with E-state index in [1.807, 2.05) is 53.1 Å². The Hall–Kier alpha value is -2.08. The third kappa shape index (κ3) is 4.71. The van der Waals surface area contributed by atoms with Crippen molar-refractivity contribution in [3.63, 3.8) is 0 Å². The van der Waals surface area contributed by atoms with E-state index in [4.69, 9.17) is 4.74 Å². The molecular formula is C18H27N3O3. The van der Waals surface area contributed by atoms with Gasteiger partial charge in [0.25, 0.3) is 5.91 Å². The van der Waals surface area contributed by atoms with E-state index in [2.05, 4.69) is 0 Å². The summed E-state index contributed by atoms with van der Waals surface area (Å²) < 4.78 is 4.96. The number of hydrogen-bond acceptors (Lipinski definition) is 4. The zero-order valence-corrected chi connectivity index (χ0v) is 14.8. The average Bonchev–Trinajstić information content (AvgIpc) is 2.85. The number of ether oxygens (including phenoxy) is 1. The van der Waals surface area contributed by atoms with Crippen LogP contribution >= 0.6 is 0 Å². The third-order valence-electron chi connectivity index (χ3n) is 4.29. The summed E-state index contributed by atoms with van der Waals surface area (Å²) in [6, 6.07) is 7.63. The first-order valence-corrected chi connectivity index (χ1v) is 8.36. The second kappa shape index (κ2) is 8.68. The molecule has 6 nitrogen and oxygen atoms in total. The molecule has 1 heterocycles. The van der Waals surface area contributed by atoms with Crippen LogP contribution < -0.4 is 4.90 Å². The Labute approximate surface area is 144 Å². The summed E-state index contributed by atoms with van der Waals surface area (Å²) in [6.07, 6.45) is 1.21. The molecule has 1 aliphatic heterocycles. The Balaban J connectivity index is 1.95. The second-order valence-corrected chi connectivity index (χ2v) is 6.21. The number of hydrogen-bond donors (Lipinski definition) is 0. The van der Waals surface area contributed by atoms with Crippen LogP contribution in [-0.2, 0) is 9.53 Å². The molecule has 1 aromatic rings. The maximum atomic E-state index is 12.7. The van der Waals surface area contributed by atoms with E-state index in [0.29, 0.717) is 44.8 Å². The van der Waals surface area contributed by atoms with Crippen molar-refractivity contribution >= 4 is 17.5 Å². The number of carbonyl (C=O) groups excluding carboxylic acids is 2. The van der Waals surface area contributed by atoms with E-state index >= 15 is 0 Å². The van der Waals surface area contributed by atoms with Gasteiger partial charge in [-0.15, -0.1) is 0 Å². The van der Waals surface area contributed by atoms with Crippen LogP contribution in [-0.4, -0.2) is 75.6 Å². The number of carbonyl (C=O) groups is 2. The Kier molecular flexibility index (Phi) is 6.61. The van der Waals surface area contributed by atoms with E-state index in [1.165, 1.54) is 0 Å². The van der Waals surface area contributed by atoms with Crippen LogP contribution in [0.2, 0.25) is 0 Å². The average molecular weight is 333 g/mol. The highest BCUT2D eigenvalue weighted by molar-refractivity contribution is 5.94. The van der Waals surface area contributed by atoms with Gasteiger partial charge in [-0.3, -0.25) is 9.59 Å². The molecule has 1 aliphatic rings. The van der Waals surface area contributed by atoms with Crippen LogP contribution in [0.3, 0.4) is 0 Å². The van der Waals surface area contributed by atoms with Crippen molar-refractivity contribution in [3.05, 3.63) is 29.8 Å².